The maximum absolute atomic E-state index is 10.9. The zero-order valence-corrected chi connectivity index (χ0v) is 15.1. The Morgan fingerprint density at radius 3 is 2.88 bits per heavy atom. The number of nitrogens with one attached hydrogen (secondary N) is 2. The maximum Gasteiger partial charge on any atom is 0.243 e. The fourth-order valence-electron chi connectivity index (χ4n) is 2.55. The third-order valence-corrected chi connectivity index (χ3v) is 6.14. The molecule has 0 unspecified atom stereocenters. The van der Waals surface area contributed by atoms with Crippen molar-refractivity contribution in [1.29, 1.82) is 0 Å². The zero-order chi connectivity index (χ0) is 16.8. The van der Waals surface area contributed by atoms with Gasteiger partial charge in [0.2, 0.25) is 5.91 Å². The molecule has 1 aliphatic rings. The smallest absolute Gasteiger partial charge is 0.243 e. The van der Waals surface area contributed by atoms with Crippen molar-refractivity contribution in [3.05, 3.63) is 22.1 Å². The summed E-state index contributed by atoms with van der Waals surface area (Å²) in [5, 5.41) is 15.9. The third-order valence-electron chi connectivity index (χ3n) is 3.97. The van der Waals surface area contributed by atoms with Gasteiger partial charge in [0.15, 0.2) is 10.0 Å². The molecule has 0 radical (unpaired) electrons. The van der Waals surface area contributed by atoms with Gasteiger partial charge >= 0.3 is 0 Å². The van der Waals surface area contributed by atoms with Crippen molar-refractivity contribution in [1.82, 2.24) is 20.8 Å². The molecule has 2 aromatic heterocycles. The third kappa shape index (κ3) is 4.83. The van der Waals surface area contributed by atoms with E-state index in [1.165, 1.54) is 23.4 Å². The summed E-state index contributed by atoms with van der Waals surface area (Å²) in [6, 6.07) is 0. The molecule has 3 N–H and O–H groups in total. The van der Waals surface area contributed by atoms with Crippen LogP contribution in [0.2, 0.25) is 0 Å². The Labute approximate surface area is 149 Å². The number of unbranched alkanes of at least 4 members (excludes halogenated alkanes) is 2. The molecule has 2 aromatic rings. The Kier molecular flexibility index (Phi) is 6.30. The number of carbonyl (C=O) groups is 1. The van der Waals surface area contributed by atoms with E-state index in [1.807, 2.05) is 11.6 Å². The van der Waals surface area contributed by atoms with Gasteiger partial charge in [-0.05, 0) is 38.1 Å². The summed E-state index contributed by atoms with van der Waals surface area (Å²) in [6.07, 6.45) is 7.54. The van der Waals surface area contributed by atoms with Gasteiger partial charge in [-0.2, -0.15) is 0 Å². The molecule has 0 saturated heterocycles. The van der Waals surface area contributed by atoms with Crippen LogP contribution in [0.25, 0.3) is 10.0 Å². The van der Waals surface area contributed by atoms with E-state index in [9.17, 15) is 4.79 Å². The summed E-state index contributed by atoms with van der Waals surface area (Å²) < 4.78 is 0. The van der Waals surface area contributed by atoms with Crippen LogP contribution in [0.3, 0.4) is 0 Å². The average molecular weight is 367 g/mol. The van der Waals surface area contributed by atoms with E-state index >= 15 is 0 Å². The fraction of sp³-hybridized carbons (Fsp3) is 0.562. The minimum atomic E-state index is -0.311. The summed E-state index contributed by atoms with van der Waals surface area (Å²) in [7, 11) is 0. The summed E-state index contributed by atoms with van der Waals surface area (Å²) in [6.45, 7) is 1.71. The number of nitrogens with zero attached hydrogens (tertiary/aromatic N) is 2. The maximum atomic E-state index is 10.9. The normalized spacial score (nSPS) is 14.0. The molecule has 130 valence electrons. The van der Waals surface area contributed by atoms with Crippen LogP contribution in [0.5, 0.6) is 0 Å². The predicted octanol–water partition coefficient (Wildman–Crippen LogP) is 3.30. The summed E-state index contributed by atoms with van der Waals surface area (Å²) in [5.74, 6) is 0.388. The lowest BCUT2D eigenvalue weighted by atomic mass is 10.2. The number of carbonyl (C=O) groups excluding carboxylic acids is 1. The largest absolute Gasteiger partial charge is 0.311 e. The second-order valence-corrected chi connectivity index (χ2v) is 7.89. The van der Waals surface area contributed by atoms with Crippen LogP contribution in [-0.2, 0) is 11.3 Å². The van der Waals surface area contributed by atoms with E-state index < -0.39 is 0 Å². The summed E-state index contributed by atoms with van der Waals surface area (Å²) in [5.41, 5.74) is 2.83. The SMILES string of the molecule is O=C(CCCCCNCc1nc(-c2nccs2)sc1C1CC1)NO. The number of amides is 1. The van der Waals surface area contributed by atoms with Crippen LogP contribution < -0.4 is 10.8 Å². The zero-order valence-electron chi connectivity index (χ0n) is 13.5. The quantitative estimate of drug-likeness (QED) is 0.341. The van der Waals surface area contributed by atoms with Crippen LogP contribution in [0, 0.1) is 0 Å². The minimum Gasteiger partial charge on any atom is -0.311 e. The number of thiazole rings is 2. The van der Waals surface area contributed by atoms with Crippen molar-refractivity contribution in [3.63, 3.8) is 0 Å². The molecule has 0 bridgehead atoms. The first-order chi connectivity index (χ1) is 11.8. The Bertz CT molecular complexity index is 653. The number of aromatic nitrogens is 2. The van der Waals surface area contributed by atoms with Crippen LogP contribution in [0.4, 0.5) is 0 Å². The Morgan fingerprint density at radius 1 is 1.29 bits per heavy atom. The van der Waals surface area contributed by atoms with E-state index in [1.54, 1.807) is 28.2 Å². The Hall–Kier alpha value is -1.35. The molecule has 2 heterocycles. The average Bonchev–Trinajstić information content (AvgIpc) is 3.12. The standard InChI is InChI=1S/C16H22N4O2S2/c21-13(20-22)4-2-1-3-7-17-10-12-14(11-5-6-11)24-16(19-12)15-18-8-9-23-15/h8-9,11,17,22H,1-7,10H2,(H,20,21). The monoisotopic (exact) mass is 366 g/mol. The van der Waals surface area contributed by atoms with Crippen LogP contribution in [-0.4, -0.2) is 27.6 Å². The van der Waals surface area contributed by atoms with Crippen LogP contribution >= 0.6 is 22.7 Å². The van der Waals surface area contributed by atoms with Crippen LogP contribution in [0.1, 0.15) is 55.0 Å². The topological polar surface area (TPSA) is 87.1 Å². The van der Waals surface area contributed by atoms with Gasteiger partial charge in [-0.25, -0.2) is 15.4 Å². The first-order valence-corrected chi connectivity index (χ1v) is 10.0. The lowest BCUT2D eigenvalue weighted by molar-refractivity contribution is -0.129. The van der Waals surface area contributed by atoms with E-state index in [-0.39, 0.29) is 5.91 Å². The highest BCUT2D eigenvalue weighted by molar-refractivity contribution is 7.20. The molecule has 0 spiro atoms. The highest BCUT2D eigenvalue weighted by Crippen LogP contribution is 2.46. The molecule has 3 rings (SSSR count). The van der Waals surface area contributed by atoms with E-state index in [4.69, 9.17) is 10.2 Å². The van der Waals surface area contributed by atoms with Gasteiger partial charge in [0.1, 0.15) is 0 Å². The molecule has 0 aromatic carbocycles. The van der Waals surface area contributed by atoms with E-state index in [2.05, 4.69) is 10.3 Å². The molecule has 6 nitrogen and oxygen atoms in total. The lowest BCUT2D eigenvalue weighted by Gasteiger charge is -2.04. The van der Waals surface area contributed by atoms with Crippen molar-refractivity contribution in [3.8, 4) is 10.0 Å². The predicted molar refractivity (Wildman–Crippen MR) is 95.3 cm³/mol. The molecule has 1 amide bonds. The van der Waals surface area contributed by atoms with Crippen molar-refractivity contribution in [2.45, 2.75) is 51.0 Å². The molecule has 24 heavy (non-hydrogen) atoms. The van der Waals surface area contributed by atoms with Gasteiger partial charge in [0.25, 0.3) is 0 Å². The van der Waals surface area contributed by atoms with Gasteiger partial charge in [0.05, 0.1) is 5.69 Å². The fourth-order valence-corrected chi connectivity index (χ4v) is 4.48. The van der Waals surface area contributed by atoms with Gasteiger partial charge in [0, 0.05) is 29.4 Å². The minimum absolute atomic E-state index is 0.311. The molecular weight excluding hydrogens is 344 g/mol. The van der Waals surface area contributed by atoms with Crippen LogP contribution in [0.15, 0.2) is 11.6 Å². The molecule has 0 atom stereocenters. The van der Waals surface area contributed by atoms with Crippen molar-refractivity contribution in [2.24, 2.45) is 0 Å². The molecule has 1 fully saturated rings. The van der Waals surface area contributed by atoms with Gasteiger partial charge in [-0.1, -0.05) is 6.42 Å². The van der Waals surface area contributed by atoms with Gasteiger partial charge in [-0.15, -0.1) is 22.7 Å². The van der Waals surface area contributed by atoms with Gasteiger partial charge < -0.3 is 5.32 Å². The first-order valence-electron chi connectivity index (χ1n) is 8.31. The van der Waals surface area contributed by atoms with Crippen molar-refractivity contribution >= 4 is 28.6 Å². The summed E-state index contributed by atoms with van der Waals surface area (Å²) >= 11 is 3.43. The Balaban J connectivity index is 1.44. The Morgan fingerprint density at radius 2 is 2.17 bits per heavy atom. The highest BCUT2D eigenvalue weighted by Gasteiger charge is 2.29. The first kappa shape index (κ1) is 17.5. The lowest BCUT2D eigenvalue weighted by Crippen LogP contribution is -2.18. The van der Waals surface area contributed by atoms with E-state index in [0.29, 0.717) is 12.3 Å². The number of hydroxylamine groups is 1. The van der Waals surface area contributed by atoms with Gasteiger partial charge in [-0.3, -0.25) is 10.0 Å². The van der Waals surface area contributed by atoms with Crippen molar-refractivity contribution < 1.29 is 10.0 Å². The molecular formula is C16H22N4O2S2. The highest BCUT2D eigenvalue weighted by atomic mass is 32.1. The van der Waals surface area contributed by atoms with Crippen molar-refractivity contribution in [2.75, 3.05) is 6.54 Å². The molecule has 8 heteroatoms. The number of hydrogen-bond donors (Lipinski definition) is 3. The second-order valence-electron chi connectivity index (χ2n) is 5.96. The second kappa shape index (κ2) is 8.66. The molecule has 1 aliphatic carbocycles. The molecule has 0 aliphatic heterocycles. The number of hydrogen-bond acceptors (Lipinski definition) is 7. The number of rotatable bonds is 10. The summed E-state index contributed by atoms with van der Waals surface area (Å²) in [4.78, 5) is 21.5. The molecule has 1 saturated carbocycles. The van der Waals surface area contributed by atoms with E-state index in [0.717, 1.165) is 42.4 Å².